The molecule has 4 rings (SSSR count). The summed E-state index contributed by atoms with van der Waals surface area (Å²) in [7, 11) is 0. The Kier molecular flexibility index (Phi) is 8.25. The standard InChI is InChI=1S/C28H42N2O6/c1-4-13-20(2)29-17-12-15-28-21(24(32)30(23(28)25(29)33)16-9-7-10-18-31)22-26(34)35-19-11-6-5-8-14-27(22,3)36-28/h8,12,14-15,20-23,31H,4-7,9-11,13,16-19H2,1-3H3/b14-8-/t20?,21-,22-,23?,27+,28-/m0/s1. The number of unbranched alkanes of at least 4 members (excludes halogenated alkanes) is 2. The minimum absolute atomic E-state index is 0.0234. The van der Waals surface area contributed by atoms with E-state index in [0.717, 1.165) is 38.5 Å². The van der Waals surface area contributed by atoms with Crippen molar-refractivity contribution in [2.45, 2.75) is 95.4 Å². The molecule has 4 aliphatic rings. The summed E-state index contributed by atoms with van der Waals surface area (Å²) >= 11 is 0. The van der Waals surface area contributed by atoms with Crippen LogP contribution in [-0.4, -0.2) is 82.3 Å². The third kappa shape index (κ3) is 4.62. The van der Waals surface area contributed by atoms with Crippen molar-refractivity contribution >= 4 is 17.8 Å². The molecule has 4 heterocycles. The second-order valence-corrected chi connectivity index (χ2v) is 10.9. The summed E-state index contributed by atoms with van der Waals surface area (Å²) in [5.41, 5.74) is -2.28. The molecular weight excluding hydrogens is 460 g/mol. The Hall–Kier alpha value is -2.19. The van der Waals surface area contributed by atoms with E-state index >= 15 is 0 Å². The van der Waals surface area contributed by atoms with Gasteiger partial charge in [-0.1, -0.05) is 37.6 Å². The fourth-order valence-electron chi connectivity index (χ4n) is 6.60. The van der Waals surface area contributed by atoms with Gasteiger partial charge in [0.2, 0.25) is 11.8 Å². The molecule has 200 valence electrons. The van der Waals surface area contributed by atoms with E-state index in [-0.39, 0.29) is 24.5 Å². The zero-order chi connectivity index (χ0) is 25.9. The topological polar surface area (TPSA) is 96.4 Å². The van der Waals surface area contributed by atoms with Gasteiger partial charge in [0.05, 0.1) is 18.1 Å². The number of ether oxygens (including phenoxy) is 2. The minimum Gasteiger partial charge on any atom is -0.465 e. The number of esters is 1. The maximum absolute atomic E-state index is 14.2. The van der Waals surface area contributed by atoms with Crippen LogP contribution >= 0.6 is 0 Å². The number of rotatable bonds is 8. The number of aliphatic hydroxyl groups is 1. The third-order valence-corrected chi connectivity index (χ3v) is 8.33. The van der Waals surface area contributed by atoms with E-state index in [1.54, 1.807) is 4.90 Å². The van der Waals surface area contributed by atoms with Gasteiger partial charge >= 0.3 is 5.97 Å². The first-order valence-electron chi connectivity index (χ1n) is 13.7. The number of likely N-dealkylation sites (tertiary alicyclic amines) is 1. The van der Waals surface area contributed by atoms with Gasteiger partial charge in [-0.3, -0.25) is 14.4 Å². The lowest BCUT2D eigenvalue weighted by Crippen LogP contribution is -2.57. The van der Waals surface area contributed by atoms with E-state index in [1.165, 1.54) is 0 Å². The molecule has 2 saturated heterocycles. The van der Waals surface area contributed by atoms with Crippen LogP contribution in [0.3, 0.4) is 0 Å². The molecule has 0 aromatic heterocycles. The van der Waals surface area contributed by atoms with Crippen LogP contribution in [0.25, 0.3) is 0 Å². The molecule has 0 aromatic rings. The summed E-state index contributed by atoms with van der Waals surface area (Å²) < 4.78 is 12.5. The molecule has 0 bridgehead atoms. The molecule has 0 radical (unpaired) electrons. The van der Waals surface area contributed by atoms with Gasteiger partial charge in [-0.15, -0.1) is 0 Å². The highest BCUT2D eigenvalue weighted by Crippen LogP contribution is 2.57. The van der Waals surface area contributed by atoms with E-state index in [2.05, 4.69) is 6.92 Å². The maximum Gasteiger partial charge on any atom is 0.313 e. The average Bonchev–Trinajstić information content (AvgIpc) is 3.16. The van der Waals surface area contributed by atoms with Gasteiger partial charge in [-0.05, 0) is 58.8 Å². The van der Waals surface area contributed by atoms with Crippen molar-refractivity contribution in [3.8, 4) is 0 Å². The number of cyclic esters (lactones) is 1. The fraction of sp³-hybridized carbons (Fsp3) is 0.750. The molecule has 0 aliphatic carbocycles. The summed E-state index contributed by atoms with van der Waals surface area (Å²) in [6.45, 7) is 7.23. The van der Waals surface area contributed by atoms with Gasteiger partial charge in [0.1, 0.15) is 17.6 Å². The number of carbonyl (C=O) groups is 3. The maximum atomic E-state index is 14.2. The van der Waals surface area contributed by atoms with E-state index < -0.39 is 35.0 Å². The second kappa shape index (κ2) is 11.1. The lowest BCUT2D eigenvalue weighted by Gasteiger charge is -2.39. The molecule has 8 nitrogen and oxygen atoms in total. The number of nitrogens with zero attached hydrogens (tertiary/aromatic N) is 2. The molecule has 6 atom stereocenters. The van der Waals surface area contributed by atoms with E-state index in [1.807, 2.05) is 43.1 Å². The minimum atomic E-state index is -1.23. The van der Waals surface area contributed by atoms with Crippen LogP contribution in [-0.2, 0) is 23.9 Å². The lowest BCUT2D eigenvalue weighted by atomic mass is 9.74. The SMILES string of the molecule is CCCC(C)N1CC=C[C@]23O[C@]4(C)/C=C\CCCCOC(=O)[C@@H]4[C@H]2C(=O)N(CCCCCO)C3C1=O. The van der Waals surface area contributed by atoms with Gasteiger partial charge in [0, 0.05) is 25.7 Å². The Balaban J connectivity index is 1.78. The Morgan fingerprint density at radius 1 is 1.08 bits per heavy atom. The van der Waals surface area contributed by atoms with Gasteiger partial charge in [-0.2, -0.15) is 0 Å². The molecule has 36 heavy (non-hydrogen) atoms. The van der Waals surface area contributed by atoms with E-state index in [9.17, 15) is 19.5 Å². The van der Waals surface area contributed by atoms with Crippen molar-refractivity contribution in [2.24, 2.45) is 11.8 Å². The largest absolute Gasteiger partial charge is 0.465 e. The van der Waals surface area contributed by atoms with Crippen LogP contribution in [0.15, 0.2) is 24.3 Å². The molecule has 4 aliphatic heterocycles. The van der Waals surface area contributed by atoms with Crippen LogP contribution in [0, 0.1) is 11.8 Å². The zero-order valence-electron chi connectivity index (χ0n) is 22.0. The van der Waals surface area contributed by atoms with Crippen molar-refractivity contribution in [1.29, 1.82) is 0 Å². The first kappa shape index (κ1) is 26.9. The van der Waals surface area contributed by atoms with Crippen molar-refractivity contribution < 1.29 is 29.0 Å². The van der Waals surface area contributed by atoms with Crippen molar-refractivity contribution in [3.63, 3.8) is 0 Å². The molecule has 2 unspecified atom stereocenters. The van der Waals surface area contributed by atoms with Crippen molar-refractivity contribution in [2.75, 3.05) is 26.3 Å². The molecular formula is C28H42N2O6. The summed E-state index contributed by atoms with van der Waals surface area (Å²) in [4.78, 5) is 45.3. The van der Waals surface area contributed by atoms with Crippen LogP contribution in [0.2, 0.25) is 0 Å². The Labute approximate surface area is 214 Å². The number of hydrogen-bond acceptors (Lipinski definition) is 6. The number of allylic oxidation sites excluding steroid dienone is 1. The van der Waals surface area contributed by atoms with Crippen LogP contribution in [0.1, 0.15) is 72.1 Å². The highest BCUT2D eigenvalue weighted by Gasteiger charge is 2.74. The smallest absolute Gasteiger partial charge is 0.313 e. The normalized spacial score (nSPS) is 36.1. The average molecular weight is 503 g/mol. The Morgan fingerprint density at radius 3 is 2.64 bits per heavy atom. The van der Waals surface area contributed by atoms with Crippen LogP contribution in [0.5, 0.6) is 0 Å². The molecule has 0 aromatic carbocycles. The summed E-state index contributed by atoms with van der Waals surface area (Å²) in [5.74, 6) is -2.43. The van der Waals surface area contributed by atoms with Crippen LogP contribution < -0.4 is 0 Å². The first-order valence-corrected chi connectivity index (χ1v) is 13.7. The quantitative estimate of drug-likeness (QED) is 0.311. The summed E-state index contributed by atoms with van der Waals surface area (Å²) in [6.07, 6.45) is 14.2. The number of fused-ring (bicyclic) bond motifs is 2. The van der Waals surface area contributed by atoms with Gasteiger partial charge < -0.3 is 24.4 Å². The predicted octanol–water partition coefficient (Wildman–Crippen LogP) is 2.99. The molecule has 1 spiro atoms. The van der Waals surface area contributed by atoms with Crippen molar-refractivity contribution in [3.05, 3.63) is 24.3 Å². The van der Waals surface area contributed by atoms with Gasteiger partial charge in [0.15, 0.2) is 0 Å². The highest BCUT2D eigenvalue weighted by molar-refractivity contribution is 5.99. The number of carbonyl (C=O) groups excluding carboxylic acids is 3. The first-order chi connectivity index (χ1) is 17.3. The Morgan fingerprint density at radius 2 is 1.89 bits per heavy atom. The predicted molar refractivity (Wildman–Crippen MR) is 135 cm³/mol. The molecule has 1 N–H and O–H groups in total. The van der Waals surface area contributed by atoms with Gasteiger partial charge in [-0.25, -0.2) is 0 Å². The van der Waals surface area contributed by atoms with Gasteiger partial charge in [0.25, 0.3) is 0 Å². The number of amides is 2. The Bertz CT molecular complexity index is 902. The van der Waals surface area contributed by atoms with Crippen LogP contribution in [0.4, 0.5) is 0 Å². The lowest BCUT2D eigenvalue weighted by molar-refractivity contribution is -0.160. The zero-order valence-corrected chi connectivity index (χ0v) is 22.0. The molecule has 2 fully saturated rings. The molecule has 0 saturated carbocycles. The molecule has 8 heteroatoms. The number of hydrogen-bond donors (Lipinski definition) is 1. The third-order valence-electron chi connectivity index (χ3n) is 8.33. The van der Waals surface area contributed by atoms with E-state index in [0.29, 0.717) is 32.5 Å². The summed E-state index contributed by atoms with van der Waals surface area (Å²) in [6, 6.07) is -0.812. The highest BCUT2D eigenvalue weighted by atomic mass is 16.6. The van der Waals surface area contributed by atoms with Crippen molar-refractivity contribution in [1.82, 2.24) is 9.80 Å². The monoisotopic (exact) mass is 502 g/mol. The fourth-order valence-corrected chi connectivity index (χ4v) is 6.60. The summed E-state index contributed by atoms with van der Waals surface area (Å²) in [5, 5.41) is 9.20. The number of aliphatic hydroxyl groups excluding tert-OH is 1. The van der Waals surface area contributed by atoms with E-state index in [4.69, 9.17) is 9.47 Å². The second-order valence-electron chi connectivity index (χ2n) is 10.9. The molecule has 2 amide bonds.